The SMILES string of the molecule is COC(=O)c1ccc(CNC(=O)c2cccc3nc(C(=O)O)cn23)cc1. The fourth-order valence-electron chi connectivity index (χ4n) is 2.45. The molecule has 2 aromatic heterocycles. The van der Waals surface area contributed by atoms with Crippen LogP contribution in [0.1, 0.15) is 36.9 Å². The van der Waals surface area contributed by atoms with Crippen molar-refractivity contribution in [2.24, 2.45) is 0 Å². The number of rotatable bonds is 5. The third-order valence-corrected chi connectivity index (χ3v) is 3.77. The van der Waals surface area contributed by atoms with Crippen LogP contribution in [0.15, 0.2) is 48.7 Å². The molecule has 0 atom stereocenters. The summed E-state index contributed by atoms with van der Waals surface area (Å²) < 4.78 is 6.06. The van der Waals surface area contributed by atoms with Crippen LogP contribution in [0.2, 0.25) is 0 Å². The lowest BCUT2D eigenvalue weighted by molar-refractivity contribution is 0.0599. The predicted molar refractivity (Wildman–Crippen MR) is 91.1 cm³/mol. The normalized spacial score (nSPS) is 10.5. The van der Waals surface area contributed by atoms with Crippen LogP contribution in [0, 0.1) is 0 Å². The molecule has 0 saturated heterocycles. The molecule has 0 spiro atoms. The zero-order valence-corrected chi connectivity index (χ0v) is 13.8. The highest BCUT2D eigenvalue weighted by atomic mass is 16.5. The van der Waals surface area contributed by atoms with Gasteiger partial charge in [-0.3, -0.25) is 9.20 Å². The van der Waals surface area contributed by atoms with Crippen LogP contribution < -0.4 is 5.32 Å². The Morgan fingerprint density at radius 1 is 1.15 bits per heavy atom. The molecule has 3 aromatic rings. The first-order valence-electron chi connectivity index (χ1n) is 7.66. The Bertz CT molecular complexity index is 992. The number of ether oxygens (including phenoxy) is 1. The number of aromatic nitrogens is 2. The smallest absolute Gasteiger partial charge is 0.356 e. The van der Waals surface area contributed by atoms with E-state index in [2.05, 4.69) is 15.0 Å². The van der Waals surface area contributed by atoms with E-state index in [0.717, 1.165) is 5.56 Å². The largest absolute Gasteiger partial charge is 0.476 e. The van der Waals surface area contributed by atoms with Gasteiger partial charge in [-0.05, 0) is 29.8 Å². The molecule has 8 nitrogen and oxygen atoms in total. The molecular weight excluding hydrogens is 338 g/mol. The van der Waals surface area contributed by atoms with Crippen molar-refractivity contribution >= 4 is 23.5 Å². The number of pyridine rings is 1. The number of benzene rings is 1. The molecule has 0 unspecified atom stereocenters. The summed E-state index contributed by atoms with van der Waals surface area (Å²) in [6.07, 6.45) is 1.30. The van der Waals surface area contributed by atoms with E-state index in [9.17, 15) is 14.4 Å². The average molecular weight is 353 g/mol. The van der Waals surface area contributed by atoms with Crippen molar-refractivity contribution in [1.29, 1.82) is 0 Å². The molecule has 132 valence electrons. The number of carboxylic acids is 1. The molecule has 0 saturated carbocycles. The lowest BCUT2D eigenvalue weighted by atomic mass is 10.1. The molecule has 2 heterocycles. The highest BCUT2D eigenvalue weighted by Gasteiger charge is 2.14. The third kappa shape index (κ3) is 3.39. The number of nitrogens with one attached hydrogen (secondary N) is 1. The number of hydrogen-bond donors (Lipinski definition) is 2. The predicted octanol–water partition coefficient (Wildman–Crippen LogP) is 1.75. The molecule has 0 aliphatic rings. The summed E-state index contributed by atoms with van der Waals surface area (Å²) in [5.74, 6) is -1.96. The van der Waals surface area contributed by atoms with E-state index < -0.39 is 11.9 Å². The van der Waals surface area contributed by atoms with Gasteiger partial charge in [0.25, 0.3) is 5.91 Å². The van der Waals surface area contributed by atoms with Crippen molar-refractivity contribution in [1.82, 2.24) is 14.7 Å². The van der Waals surface area contributed by atoms with Crippen molar-refractivity contribution in [3.8, 4) is 0 Å². The van der Waals surface area contributed by atoms with E-state index in [0.29, 0.717) is 11.2 Å². The summed E-state index contributed by atoms with van der Waals surface area (Å²) >= 11 is 0. The first kappa shape index (κ1) is 17.2. The summed E-state index contributed by atoms with van der Waals surface area (Å²) in [6.45, 7) is 0.247. The standard InChI is InChI=1S/C18H15N3O5/c1-26-18(25)12-7-5-11(6-8-12)9-19-16(22)14-3-2-4-15-20-13(17(23)24)10-21(14)15/h2-8,10H,9H2,1H3,(H,19,22)(H,23,24). The molecule has 0 fully saturated rings. The van der Waals surface area contributed by atoms with Crippen LogP contribution in [0.4, 0.5) is 0 Å². The van der Waals surface area contributed by atoms with Gasteiger partial charge in [0, 0.05) is 12.7 Å². The Labute approximate surface area is 148 Å². The Hall–Kier alpha value is -3.68. The van der Waals surface area contributed by atoms with E-state index in [4.69, 9.17) is 5.11 Å². The second-order valence-electron chi connectivity index (χ2n) is 5.44. The van der Waals surface area contributed by atoms with Crippen molar-refractivity contribution in [3.05, 3.63) is 71.2 Å². The molecule has 26 heavy (non-hydrogen) atoms. The molecular formula is C18H15N3O5. The molecule has 1 aromatic carbocycles. The van der Waals surface area contributed by atoms with Gasteiger partial charge in [-0.15, -0.1) is 0 Å². The number of methoxy groups -OCH3 is 1. The zero-order chi connectivity index (χ0) is 18.7. The quantitative estimate of drug-likeness (QED) is 0.676. The van der Waals surface area contributed by atoms with Crippen molar-refractivity contribution in [3.63, 3.8) is 0 Å². The molecule has 1 amide bonds. The number of aromatic carboxylic acids is 1. The summed E-state index contributed by atoms with van der Waals surface area (Å²) in [7, 11) is 1.31. The lowest BCUT2D eigenvalue weighted by Crippen LogP contribution is -2.24. The van der Waals surface area contributed by atoms with Crippen LogP contribution in [0.25, 0.3) is 5.65 Å². The maximum absolute atomic E-state index is 12.5. The minimum absolute atomic E-state index is 0.136. The Morgan fingerprint density at radius 3 is 2.54 bits per heavy atom. The van der Waals surface area contributed by atoms with Crippen LogP contribution in [0.5, 0.6) is 0 Å². The highest BCUT2D eigenvalue weighted by Crippen LogP contribution is 2.10. The van der Waals surface area contributed by atoms with Gasteiger partial charge in [-0.25, -0.2) is 14.6 Å². The number of carbonyl (C=O) groups excluding carboxylic acids is 2. The molecule has 3 rings (SSSR count). The molecule has 0 radical (unpaired) electrons. The second kappa shape index (κ2) is 7.06. The Balaban J connectivity index is 1.75. The summed E-state index contributed by atoms with van der Waals surface area (Å²) in [4.78, 5) is 38.9. The summed E-state index contributed by atoms with van der Waals surface area (Å²) in [5.41, 5.74) is 1.73. The Morgan fingerprint density at radius 2 is 1.88 bits per heavy atom. The van der Waals surface area contributed by atoms with Crippen molar-refractivity contribution < 1.29 is 24.2 Å². The first-order chi connectivity index (χ1) is 12.5. The topological polar surface area (TPSA) is 110 Å². The number of esters is 1. The monoisotopic (exact) mass is 353 g/mol. The first-order valence-corrected chi connectivity index (χ1v) is 7.66. The van der Waals surface area contributed by atoms with Crippen molar-refractivity contribution in [2.75, 3.05) is 7.11 Å². The van der Waals surface area contributed by atoms with Crippen LogP contribution in [-0.4, -0.2) is 39.4 Å². The van der Waals surface area contributed by atoms with Gasteiger partial charge in [0.05, 0.1) is 12.7 Å². The number of carboxylic acid groups (broad SMARTS) is 1. The molecule has 0 aliphatic heterocycles. The number of hydrogen-bond acceptors (Lipinski definition) is 5. The lowest BCUT2D eigenvalue weighted by Gasteiger charge is -2.08. The maximum Gasteiger partial charge on any atom is 0.356 e. The van der Waals surface area contributed by atoms with E-state index in [1.54, 1.807) is 42.5 Å². The molecule has 0 aliphatic carbocycles. The van der Waals surface area contributed by atoms with Gasteiger partial charge < -0.3 is 15.2 Å². The van der Waals surface area contributed by atoms with E-state index in [1.165, 1.54) is 17.7 Å². The van der Waals surface area contributed by atoms with E-state index >= 15 is 0 Å². The number of carbonyl (C=O) groups is 3. The van der Waals surface area contributed by atoms with E-state index in [1.807, 2.05) is 0 Å². The van der Waals surface area contributed by atoms with Gasteiger partial charge >= 0.3 is 11.9 Å². The fourth-order valence-corrected chi connectivity index (χ4v) is 2.45. The van der Waals surface area contributed by atoms with Gasteiger partial charge in [-0.2, -0.15) is 0 Å². The van der Waals surface area contributed by atoms with Crippen LogP contribution >= 0.6 is 0 Å². The van der Waals surface area contributed by atoms with Gasteiger partial charge in [0.2, 0.25) is 0 Å². The van der Waals surface area contributed by atoms with Crippen LogP contribution in [-0.2, 0) is 11.3 Å². The number of nitrogens with zero attached hydrogens (tertiary/aromatic N) is 2. The van der Waals surface area contributed by atoms with Gasteiger partial charge in [-0.1, -0.05) is 18.2 Å². The third-order valence-electron chi connectivity index (χ3n) is 3.77. The fraction of sp³-hybridized carbons (Fsp3) is 0.111. The molecule has 2 N–H and O–H groups in total. The van der Waals surface area contributed by atoms with Gasteiger partial charge in [0.1, 0.15) is 11.3 Å². The minimum Gasteiger partial charge on any atom is -0.476 e. The summed E-state index contributed by atoms with van der Waals surface area (Å²) in [5, 5.41) is 11.8. The van der Waals surface area contributed by atoms with Crippen LogP contribution in [0.3, 0.4) is 0 Å². The molecule has 8 heteroatoms. The van der Waals surface area contributed by atoms with E-state index in [-0.39, 0.29) is 23.8 Å². The Kier molecular flexibility index (Phi) is 4.66. The molecule has 0 bridgehead atoms. The summed E-state index contributed by atoms with van der Waals surface area (Å²) in [6, 6.07) is 11.5. The minimum atomic E-state index is -1.16. The second-order valence-corrected chi connectivity index (χ2v) is 5.44. The zero-order valence-electron chi connectivity index (χ0n) is 13.8. The van der Waals surface area contributed by atoms with Gasteiger partial charge in [0.15, 0.2) is 5.69 Å². The highest BCUT2D eigenvalue weighted by molar-refractivity contribution is 5.94. The number of amides is 1. The van der Waals surface area contributed by atoms with Crippen molar-refractivity contribution in [2.45, 2.75) is 6.54 Å². The average Bonchev–Trinajstić information content (AvgIpc) is 3.10. The number of fused-ring (bicyclic) bond motifs is 1. The maximum atomic E-state index is 12.5. The number of imidazole rings is 1.